The average Bonchev–Trinajstić information content (AvgIpc) is 2.98. The van der Waals surface area contributed by atoms with Crippen molar-refractivity contribution in [2.45, 2.75) is 0 Å². The summed E-state index contributed by atoms with van der Waals surface area (Å²) in [5.41, 5.74) is 1.35. The Kier molecular flexibility index (Phi) is 4.10. The molecule has 0 saturated carbocycles. The summed E-state index contributed by atoms with van der Waals surface area (Å²) in [7, 11) is 1.57. The molecule has 0 aliphatic rings. The summed E-state index contributed by atoms with van der Waals surface area (Å²) in [6.45, 7) is -0.0508. The van der Waals surface area contributed by atoms with E-state index in [1.165, 1.54) is 4.90 Å². The molecule has 3 aromatic rings. The van der Waals surface area contributed by atoms with E-state index in [-0.39, 0.29) is 24.1 Å². The van der Waals surface area contributed by atoms with Gasteiger partial charge < -0.3 is 14.6 Å². The van der Waals surface area contributed by atoms with Crippen molar-refractivity contribution in [3.05, 3.63) is 66.4 Å². The van der Waals surface area contributed by atoms with Gasteiger partial charge in [-0.1, -0.05) is 36.4 Å². The van der Waals surface area contributed by atoms with Gasteiger partial charge in [0.15, 0.2) is 5.76 Å². The fourth-order valence-corrected chi connectivity index (χ4v) is 2.28. The van der Waals surface area contributed by atoms with Crippen LogP contribution in [0.5, 0.6) is 0 Å². The predicted molar refractivity (Wildman–Crippen MR) is 88.2 cm³/mol. The number of furan rings is 1. The van der Waals surface area contributed by atoms with E-state index in [0.717, 1.165) is 5.39 Å². The molecule has 0 spiro atoms. The van der Waals surface area contributed by atoms with Crippen molar-refractivity contribution in [1.82, 2.24) is 4.90 Å². The third-order valence-electron chi connectivity index (χ3n) is 3.42. The van der Waals surface area contributed by atoms with Gasteiger partial charge in [0, 0.05) is 18.1 Å². The van der Waals surface area contributed by atoms with Crippen molar-refractivity contribution in [3.8, 4) is 0 Å². The first-order chi connectivity index (χ1) is 11.1. The SMILES string of the molecule is CN(CC(=O)Nc1ccccc1)C(=O)c1cc2ccccc2o1. The molecule has 0 atom stereocenters. The van der Waals surface area contributed by atoms with Crippen LogP contribution in [0.1, 0.15) is 10.6 Å². The van der Waals surface area contributed by atoms with E-state index in [9.17, 15) is 9.59 Å². The van der Waals surface area contributed by atoms with E-state index in [4.69, 9.17) is 4.42 Å². The monoisotopic (exact) mass is 308 g/mol. The van der Waals surface area contributed by atoms with Crippen molar-refractivity contribution in [2.75, 3.05) is 18.9 Å². The van der Waals surface area contributed by atoms with Crippen molar-refractivity contribution < 1.29 is 14.0 Å². The lowest BCUT2D eigenvalue weighted by Crippen LogP contribution is -2.34. The van der Waals surface area contributed by atoms with E-state index in [0.29, 0.717) is 11.3 Å². The maximum atomic E-state index is 12.4. The molecule has 3 rings (SSSR count). The van der Waals surface area contributed by atoms with Crippen LogP contribution in [0.15, 0.2) is 65.1 Å². The number of anilines is 1. The maximum absolute atomic E-state index is 12.4. The fraction of sp³-hybridized carbons (Fsp3) is 0.111. The van der Waals surface area contributed by atoms with Crippen molar-refractivity contribution in [3.63, 3.8) is 0 Å². The number of amides is 2. The second-order valence-corrected chi connectivity index (χ2v) is 5.22. The highest BCUT2D eigenvalue weighted by molar-refractivity contribution is 5.99. The number of carbonyl (C=O) groups excluding carboxylic acids is 2. The number of para-hydroxylation sites is 2. The van der Waals surface area contributed by atoms with Crippen LogP contribution < -0.4 is 5.32 Å². The molecule has 0 aliphatic carbocycles. The zero-order valence-corrected chi connectivity index (χ0v) is 12.7. The third kappa shape index (κ3) is 3.40. The van der Waals surface area contributed by atoms with Crippen LogP contribution in [-0.2, 0) is 4.79 Å². The van der Waals surface area contributed by atoms with E-state index < -0.39 is 0 Å². The van der Waals surface area contributed by atoms with Gasteiger partial charge in [-0.15, -0.1) is 0 Å². The highest BCUT2D eigenvalue weighted by Crippen LogP contribution is 2.19. The topological polar surface area (TPSA) is 62.6 Å². The van der Waals surface area contributed by atoms with Gasteiger partial charge in [0.05, 0.1) is 6.54 Å². The molecule has 1 N–H and O–H groups in total. The maximum Gasteiger partial charge on any atom is 0.289 e. The highest BCUT2D eigenvalue weighted by Gasteiger charge is 2.18. The summed E-state index contributed by atoms with van der Waals surface area (Å²) < 4.78 is 5.53. The Balaban J connectivity index is 1.66. The first-order valence-corrected chi connectivity index (χ1v) is 7.22. The van der Waals surface area contributed by atoms with Gasteiger partial charge in [-0.05, 0) is 24.3 Å². The lowest BCUT2D eigenvalue weighted by Gasteiger charge is -2.15. The Bertz CT molecular complexity index is 807. The van der Waals surface area contributed by atoms with Gasteiger partial charge >= 0.3 is 0 Å². The third-order valence-corrected chi connectivity index (χ3v) is 3.42. The minimum atomic E-state index is -0.329. The fourth-order valence-electron chi connectivity index (χ4n) is 2.28. The highest BCUT2D eigenvalue weighted by atomic mass is 16.3. The Labute approximate surface area is 133 Å². The smallest absolute Gasteiger partial charge is 0.289 e. The van der Waals surface area contributed by atoms with Crippen LogP contribution >= 0.6 is 0 Å². The van der Waals surface area contributed by atoms with Crippen LogP contribution in [0.25, 0.3) is 11.0 Å². The molecule has 23 heavy (non-hydrogen) atoms. The number of nitrogens with zero attached hydrogens (tertiary/aromatic N) is 1. The lowest BCUT2D eigenvalue weighted by atomic mass is 10.2. The molecule has 0 saturated heterocycles. The van der Waals surface area contributed by atoms with E-state index in [1.807, 2.05) is 36.4 Å². The lowest BCUT2D eigenvalue weighted by molar-refractivity contribution is -0.116. The molecule has 0 unspecified atom stereocenters. The van der Waals surface area contributed by atoms with Crippen LogP contribution in [0.2, 0.25) is 0 Å². The minimum absolute atomic E-state index is 0.0508. The summed E-state index contributed by atoms with van der Waals surface area (Å²) >= 11 is 0. The Morgan fingerprint density at radius 3 is 2.48 bits per heavy atom. The van der Waals surface area contributed by atoms with Crippen molar-refractivity contribution >= 4 is 28.5 Å². The summed E-state index contributed by atoms with van der Waals surface area (Å²) in [5.74, 6) is -0.367. The standard InChI is InChI=1S/C18H16N2O3/c1-20(12-17(21)19-14-8-3-2-4-9-14)18(22)16-11-13-7-5-6-10-15(13)23-16/h2-11H,12H2,1H3,(H,19,21). The number of benzene rings is 2. The predicted octanol–water partition coefficient (Wildman–Crippen LogP) is 3.14. The molecule has 0 bridgehead atoms. The molecule has 116 valence electrons. The van der Waals surface area contributed by atoms with Crippen molar-refractivity contribution in [2.24, 2.45) is 0 Å². The summed E-state index contributed by atoms with van der Waals surface area (Å²) in [4.78, 5) is 25.7. The number of nitrogens with one attached hydrogen (secondary N) is 1. The molecule has 2 aromatic carbocycles. The second-order valence-electron chi connectivity index (χ2n) is 5.22. The number of hydrogen-bond donors (Lipinski definition) is 1. The molecular weight excluding hydrogens is 292 g/mol. The zero-order chi connectivity index (χ0) is 16.2. The summed E-state index contributed by atoms with van der Waals surface area (Å²) in [5, 5.41) is 3.60. The molecule has 2 amide bonds. The van der Waals surface area contributed by atoms with E-state index in [1.54, 1.807) is 31.3 Å². The Hall–Kier alpha value is -3.08. The second kappa shape index (κ2) is 6.36. The van der Waals surface area contributed by atoms with Crippen LogP contribution in [0, 0.1) is 0 Å². The molecule has 1 heterocycles. The van der Waals surface area contributed by atoms with Crippen molar-refractivity contribution in [1.29, 1.82) is 0 Å². The molecule has 5 nitrogen and oxygen atoms in total. The summed E-state index contributed by atoms with van der Waals surface area (Å²) in [6.07, 6.45) is 0. The van der Waals surface area contributed by atoms with Gasteiger partial charge in [-0.2, -0.15) is 0 Å². The minimum Gasteiger partial charge on any atom is -0.451 e. The van der Waals surface area contributed by atoms with E-state index >= 15 is 0 Å². The first kappa shape index (κ1) is 14.8. The number of likely N-dealkylation sites (N-methyl/N-ethyl adjacent to an activating group) is 1. The quantitative estimate of drug-likeness (QED) is 0.805. The molecular formula is C18H16N2O3. The van der Waals surface area contributed by atoms with Crippen LogP contribution in [-0.4, -0.2) is 30.3 Å². The number of rotatable bonds is 4. The summed E-state index contributed by atoms with van der Waals surface area (Å²) in [6, 6.07) is 18.2. The number of hydrogen-bond acceptors (Lipinski definition) is 3. The number of fused-ring (bicyclic) bond motifs is 1. The Morgan fingerprint density at radius 2 is 1.74 bits per heavy atom. The van der Waals surface area contributed by atoms with Gasteiger partial charge in [-0.25, -0.2) is 0 Å². The Morgan fingerprint density at radius 1 is 1.04 bits per heavy atom. The average molecular weight is 308 g/mol. The largest absolute Gasteiger partial charge is 0.451 e. The molecule has 0 radical (unpaired) electrons. The molecule has 0 aliphatic heterocycles. The number of carbonyl (C=O) groups is 2. The van der Waals surface area contributed by atoms with Crippen LogP contribution in [0.4, 0.5) is 5.69 Å². The zero-order valence-electron chi connectivity index (χ0n) is 12.7. The first-order valence-electron chi connectivity index (χ1n) is 7.22. The molecule has 5 heteroatoms. The van der Waals surface area contributed by atoms with Gasteiger partial charge in [0.1, 0.15) is 5.58 Å². The van der Waals surface area contributed by atoms with Crippen LogP contribution in [0.3, 0.4) is 0 Å². The van der Waals surface area contributed by atoms with Gasteiger partial charge in [0.2, 0.25) is 5.91 Å². The normalized spacial score (nSPS) is 10.5. The van der Waals surface area contributed by atoms with Gasteiger partial charge in [0.25, 0.3) is 5.91 Å². The van der Waals surface area contributed by atoms with E-state index in [2.05, 4.69) is 5.32 Å². The van der Waals surface area contributed by atoms with Gasteiger partial charge in [-0.3, -0.25) is 9.59 Å². The molecule has 0 fully saturated rings. The molecule has 1 aromatic heterocycles.